The number of rotatable bonds is 7. The molecule has 19 heavy (non-hydrogen) atoms. The molecule has 1 aromatic carbocycles. The molecule has 0 atom stereocenters. The number of methoxy groups -OCH3 is 1. The molecule has 1 aliphatic carbocycles. The molecule has 0 amide bonds. The third kappa shape index (κ3) is 3.18. The summed E-state index contributed by atoms with van der Waals surface area (Å²) in [5.41, 5.74) is 1.15. The molecule has 1 aromatic rings. The Bertz CT molecular complexity index is 476. The maximum absolute atomic E-state index is 8.84. The standard InChI is InChI=1S/C15H20N2O2/c1-17-10-12-4-3-5-13(18-2)14(12)19-11-15(6-7-15)8-9-16/h3-5,17H,6-8,10-11H2,1-2H3. The summed E-state index contributed by atoms with van der Waals surface area (Å²) in [7, 11) is 3.55. The smallest absolute Gasteiger partial charge is 0.165 e. The molecule has 0 spiro atoms. The quantitative estimate of drug-likeness (QED) is 0.818. The van der Waals surface area contributed by atoms with E-state index >= 15 is 0 Å². The van der Waals surface area contributed by atoms with Gasteiger partial charge in [0.2, 0.25) is 0 Å². The lowest BCUT2D eigenvalue weighted by molar-refractivity contribution is 0.224. The van der Waals surface area contributed by atoms with E-state index in [1.165, 1.54) is 0 Å². The second-order valence-corrected chi connectivity index (χ2v) is 5.10. The first-order chi connectivity index (χ1) is 9.24. The molecule has 0 heterocycles. The Morgan fingerprint density at radius 3 is 2.79 bits per heavy atom. The molecule has 0 radical (unpaired) electrons. The lowest BCUT2D eigenvalue weighted by Crippen LogP contribution is -2.15. The third-order valence-corrected chi connectivity index (χ3v) is 3.58. The summed E-state index contributed by atoms with van der Waals surface area (Å²) in [5, 5.41) is 12.0. The first-order valence-corrected chi connectivity index (χ1v) is 6.55. The Labute approximate surface area is 114 Å². The van der Waals surface area contributed by atoms with Crippen molar-refractivity contribution in [2.24, 2.45) is 5.41 Å². The Balaban J connectivity index is 2.12. The van der Waals surface area contributed by atoms with E-state index in [0.717, 1.165) is 36.4 Å². The van der Waals surface area contributed by atoms with Crippen molar-refractivity contribution >= 4 is 0 Å². The van der Waals surface area contributed by atoms with Crippen molar-refractivity contribution in [3.63, 3.8) is 0 Å². The average Bonchev–Trinajstić information content (AvgIpc) is 3.18. The van der Waals surface area contributed by atoms with Crippen LogP contribution in [0, 0.1) is 16.7 Å². The van der Waals surface area contributed by atoms with Crippen molar-refractivity contribution < 1.29 is 9.47 Å². The molecule has 0 aliphatic heterocycles. The van der Waals surface area contributed by atoms with E-state index in [1.807, 2.05) is 25.2 Å². The molecule has 1 fully saturated rings. The van der Waals surface area contributed by atoms with Crippen molar-refractivity contribution in [2.45, 2.75) is 25.8 Å². The van der Waals surface area contributed by atoms with Crippen LogP contribution < -0.4 is 14.8 Å². The minimum absolute atomic E-state index is 0.0759. The number of nitrogens with one attached hydrogen (secondary N) is 1. The van der Waals surface area contributed by atoms with Gasteiger partial charge >= 0.3 is 0 Å². The molecule has 0 unspecified atom stereocenters. The van der Waals surface area contributed by atoms with Crippen molar-refractivity contribution in [2.75, 3.05) is 20.8 Å². The van der Waals surface area contributed by atoms with Gasteiger partial charge in [0, 0.05) is 23.9 Å². The van der Waals surface area contributed by atoms with Gasteiger partial charge in [-0.1, -0.05) is 12.1 Å². The van der Waals surface area contributed by atoms with Gasteiger partial charge in [-0.2, -0.15) is 5.26 Å². The first kappa shape index (κ1) is 13.7. The maximum atomic E-state index is 8.84. The van der Waals surface area contributed by atoms with Crippen molar-refractivity contribution in [1.29, 1.82) is 5.26 Å². The van der Waals surface area contributed by atoms with Gasteiger partial charge in [-0.25, -0.2) is 0 Å². The fraction of sp³-hybridized carbons (Fsp3) is 0.533. The van der Waals surface area contributed by atoms with Crippen molar-refractivity contribution in [3.8, 4) is 17.6 Å². The number of hydrogen-bond donors (Lipinski definition) is 1. The Kier molecular flexibility index (Phi) is 4.28. The summed E-state index contributed by atoms with van der Waals surface area (Å²) in [4.78, 5) is 0. The Morgan fingerprint density at radius 2 is 2.21 bits per heavy atom. The molecule has 1 saturated carbocycles. The van der Waals surface area contributed by atoms with Gasteiger partial charge < -0.3 is 14.8 Å². The lowest BCUT2D eigenvalue weighted by Gasteiger charge is -2.18. The molecule has 1 aliphatic rings. The summed E-state index contributed by atoms with van der Waals surface area (Å²) in [6.07, 6.45) is 2.73. The molecule has 1 N–H and O–H groups in total. The van der Waals surface area contributed by atoms with Crippen LogP contribution in [-0.2, 0) is 6.54 Å². The van der Waals surface area contributed by atoms with E-state index in [4.69, 9.17) is 14.7 Å². The topological polar surface area (TPSA) is 54.3 Å². The second-order valence-electron chi connectivity index (χ2n) is 5.10. The highest BCUT2D eigenvalue weighted by Crippen LogP contribution is 2.49. The van der Waals surface area contributed by atoms with E-state index in [9.17, 15) is 0 Å². The summed E-state index contributed by atoms with van der Waals surface area (Å²) in [5.74, 6) is 1.55. The molecule has 0 bridgehead atoms. The van der Waals surface area contributed by atoms with Crippen LogP contribution in [0.1, 0.15) is 24.8 Å². The Morgan fingerprint density at radius 1 is 1.42 bits per heavy atom. The fourth-order valence-corrected chi connectivity index (χ4v) is 2.16. The molecule has 4 nitrogen and oxygen atoms in total. The van der Waals surface area contributed by atoms with Crippen LogP contribution in [0.25, 0.3) is 0 Å². The van der Waals surface area contributed by atoms with Gasteiger partial charge in [0.05, 0.1) is 19.8 Å². The highest BCUT2D eigenvalue weighted by Gasteiger charge is 2.43. The van der Waals surface area contributed by atoms with E-state index in [-0.39, 0.29) is 5.41 Å². The van der Waals surface area contributed by atoms with Crippen LogP contribution in [0.2, 0.25) is 0 Å². The van der Waals surface area contributed by atoms with E-state index in [0.29, 0.717) is 13.0 Å². The zero-order chi connectivity index (χ0) is 13.7. The summed E-state index contributed by atoms with van der Waals surface area (Å²) in [6.45, 7) is 1.33. The molecule has 4 heteroatoms. The highest BCUT2D eigenvalue weighted by molar-refractivity contribution is 5.46. The van der Waals surface area contributed by atoms with Gasteiger partial charge in [-0.3, -0.25) is 0 Å². The van der Waals surface area contributed by atoms with E-state index in [2.05, 4.69) is 11.4 Å². The van der Waals surface area contributed by atoms with Crippen LogP contribution in [0.4, 0.5) is 0 Å². The summed E-state index contributed by atoms with van der Waals surface area (Å²) >= 11 is 0. The third-order valence-electron chi connectivity index (χ3n) is 3.58. The predicted octanol–water partition coefficient (Wildman–Crippen LogP) is 2.49. The van der Waals surface area contributed by atoms with E-state index in [1.54, 1.807) is 7.11 Å². The molecule has 2 rings (SSSR count). The Hall–Kier alpha value is -1.73. The molecular formula is C15H20N2O2. The first-order valence-electron chi connectivity index (χ1n) is 6.55. The van der Waals surface area contributed by atoms with Gasteiger partial charge in [0.25, 0.3) is 0 Å². The minimum Gasteiger partial charge on any atom is -0.493 e. The van der Waals surface area contributed by atoms with Crippen LogP contribution in [0.3, 0.4) is 0 Å². The number of nitriles is 1. The average molecular weight is 260 g/mol. The fourth-order valence-electron chi connectivity index (χ4n) is 2.16. The van der Waals surface area contributed by atoms with Gasteiger partial charge in [-0.05, 0) is 26.0 Å². The number of benzene rings is 1. The monoisotopic (exact) mass is 260 g/mol. The zero-order valence-electron chi connectivity index (χ0n) is 11.5. The molecular weight excluding hydrogens is 240 g/mol. The van der Waals surface area contributed by atoms with Crippen molar-refractivity contribution in [1.82, 2.24) is 5.32 Å². The normalized spacial score (nSPS) is 15.6. The van der Waals surface area contributed by atoms with Crippen LogP contribution in [0.5, 0.6) is 11.5 Å². The second kappa shape index (κ2) is 5.94. The van der Waals surface area contributed by atoms with Crippen LogP contribution >= 0.6 is 0 Å². The van der Waals surface area contributed by atoms with Crippen LogP contribution in [-0.4, -0.2) is 20.8 Å². The number of hydrogen-bond acceptors (Lipinski definition) is 4. The molecule has 102 valence electrons. The number of para-hydroxylation sites is 1. The largest absolute Gasteiger partial charge is 0.493 e. The van der Waals surface area contributed by atoms with Gasteiger partial charge in [-0.15, -0.1) is 0 Å². The molecule has 0 aromatic heterocycles. The number of nitrogens with zero attached hydrogens (tertiary/aromatic N) is 1. The van der Waals surface area contributed by atoms with Crippen LogP contribution in [0.15, 0.2) is 18.2 Å². The van der Waals surface area contributed by atoms with Gasteiger partial charge in [0.15, 0.2) is 11.5 Å². The summed E-state index contributed by atoms with van der Waals surface area (Å²) < 4.78 is 11.3. The zero-order valence-corrected chi connectivity index (χ0v) is 11.5. The maximum Gasteiger partial charge on any atom is 0.165 e. The lowest BCUT2D eigenvalue weighted by atomic mass is 10.1. The highest BCUT2D eigenvalue weighted by atomic mass is 16.5. The van der Waals surface area contributed by atoms with Gasteiger partial charge in [0.1, 0.15) is 0 Å². The predicted molar refractivity (Wildman–Crippen MR) is 73.1 cm³/mol. The SMILES string of the molecule is CNCc1cccc(OC)c1OCC1(CC#N)CC1. The van der Waals surface area contributed by atoms with Crippen molar-refractivity contribution in [3.05, 3.63) is 23.8 Å². The minimum atomic E-state index is 0.0759. The molecule has 0 saturated heterocycles. The van der Waals surface area contributed by atoms with E-state index < -0.39 is 0 Å². The summed E-state index contributed by atoms with van der Waals surface area (Å²) in [6, 6.07) is 8.14. The number of ether oxygens (including phenoxy) is 2.